The molecule has 4 rings (SSSR count). The van der Waals surface area contributed by atoms with Crippen molar-refractivity contribution in [3.63, 3.8) is 0 Å². The number of benzene rings is 2. The Morgan fingerprint density at radius 3 is 2.90 bits per heavy atom. The lowest BCUT2D eigenvalue weighted by atomic mass is 10.2. The number of carbonyl (C=O) groups is 1. The van der Waals surface area contributed by atoms with E-state index >= 15 is 0 Å². The van der Waals surface area contributed by atoms with Crippen molar-refractivity contribution in [1.82, 2.24) is 9.55 Å². The quantitative estimate of drug-likeness (QED) is 0.479. The van der Waals surface area contributed by atoms with Gasteiger partial charge in [-0.15, -0.1) is 0 Å². The van der Waals surface area contributed by atoms with E-state index in [1.807, 2.05) is 56.3 Å². The molecule has 0 radical (unpaired) electrons. The van der Waals surface area contributed by atoms with Crippen molar-refractivity contribution in [1.29, 1.82) is 0 Å². The fraction of sp³-hybridized carbons (Fsp3) is 0.348. The fourth-order valence-corrected chi connectivity index (χ4v) is 4.49. The zero-order valence-electron chi connectivity index (χ0n) is 17.1. The summed E-state index contributed by atoms with van der Waals surface area (Å²) in [6.45, 7) is 4.98. The maximum absolute atomic E-state index is 13.2. The lowest BCUT2D eigenvalue weighted by Crippen LogP contribution is -2.30. The largest absolute Gasteiger partial charge is 0.376 e. The summed E-state index contributed by atoms with van der Waals surface area (Å²) in [6, 6.07) is 15.0. The molecular formula is C23H25N3O3S. The minimum absolute atomic E-state index is 0.00133. The molecule has 0 unspecified atom stereocenters. The van der Waals surface area contributed by atoms with Crippen LogP contribution in [0.5, 0.6) is 0 Å². The molecule has 30 heavy (non-hydrogen) atoms. The van der Waals surface area contributed by atoms with Gasteiger partial charge in [0.2, 0.25) is 5.91 Å². The monoisotopic (exact) mass is 423 g/mol. The number of ether oxygens (including phenoxy) is 1. The average molecular weight is 424 g/mol. The molecule has 3 aromatic rings. The molecule has 156 valence electrons. The van der Waals surface area contributed by atoms with E-state index < -0.39 is 5.25 Å². The number of rotatable bonds is 6. The van der Waals surface area contributed by atoms with Gasteiger partial charge in [0.15, 0.2) is 5.16 Å². The number of nitrogens with zero attached hydrogens (tertiary/aromatic N) is 2. The van der Waals surface area contributed by atoms with Gasteiger partial charge in [-0.2, -0.15) is 0 Å². The Hall–Kier alpha value is -2.64. The third-order valence-corrected chi connectivity index (χ3v) is 6.26. The third-order valence-electron chi connectivity index (χ3n) is 5.17. The fourth-order valence-electron chi connectivity index (χ4n) is 3.57. The molecule has 1 N–H and O–H groups in total. The molecule has 0 bridgehead atoms. The number of nitrogens with one attached hydrogen (secondary N) is 1. The van der Waals surface area contributed by atoms with Crippen LogP contribution in [0.2, 0.25) is 0 Å². The smallest absolute Gasteiger partial charge is 0.262 e. The summed E-state index contributed by atoms with van der Waals surface area (Å²) < 4.78 is 7.41. The molecule has 0 saturated carbocycles. The van der Waals surface area contributed by atoms with Gasteiger partial charge in [0, 0.05) is 12.3 Å². The first-order valence-corrected chi connectivity index (χ1v) is 11.0. The molecule has 6 nitrogen and oxygen atoms in total. The third kappa shape index (κ3) is 4.57. The van der Waals surface area contributed by atoms with E-state index in [0.717, 1.165) is 30.7 Å². The zero-order valence-corrected chi connectivity index (χ0v) is 17.9. The number of anilines is 1. The number of aromatic nitrogens is 2. The number of para-hydroxylation sites is 1. The van der Waals surface area contributed by atoms with E-state index in [1.54, 1.807) is 10.6 Å². The van der Waals surface area contributed by atoms with Crippen LogP contribution in [0, 0.1) is 6.92 Å². The van der Waals surface area contributed by atoms with Crippen LogP contribution >= 0.6 is 11.8 Å². The highest BCUT2D eigenvalue weighted by Gasteiger charge is 2.23. The lowest BCUT2D eigenvalue weighted by molar-refractivity contribution is -0.115. The van der Waals surface area contributed by atoms with Gasteiger partial charge >= 0.3 is 0 Å². The maximum atomic E-state index is 13.2. The van der Waals surface area contributed by atoms with Crippen LogP contribution in [0.4, 0.5) is 5.69 Å². The molecule has 1 saturated heterocycles. The number of fused-ring (bicyclic) bond motifs is 1. The van der Waals surface area contributed by atoms with Gasteiger partial charge in [0.05, 0.1) is 28.8 Å². The maximum Gasteiger partial charge on any atom is 0.262 e. The van der Waals surface area contributed by atoms with Crippen molar-refractivity contribution < 1.29 is 9.53 Å². The summed E-state index contributed by atoms with van der Waals surface area (Å²) in [5.41, 5.74) is 2.38. The second kappa shape index (κ2) is 9.02. The molecule has 0 aliphatic carbocycles. The van der Waals surface area contributed by atoms with Crippen molar-refractivity contribution in [3.05, 3.63) is 64.4 Å². The van der Waals surface area contributed by atoms with Crippen LogP contribution in [0.25, 0.3) is 10.9 Å². The van der Waals surface area contributed by atoms with Gasteiger partial charge in [-0.25, -0.2) is 4.98 Å². The summed E-state index contributed by atoms with van der Waals surface area (Å²) in [5.74, 6) is -0.128. The minimum Gasteiger partial charge on any atom is -0.376 e. The van der Waals surface area contributed by atoms with Gasteiger partial charge in [0.25, 0.3) is 5.56 Å². The zero-order chi connectivity index (χ0) is 21.1. The molecule has 1 fully saturated rings. The first-order valence-electron chi connectivity index (χ1n) is 10.2. The van der Waals surface area contributed by atoms with Crippen LogP contribution in [0.3, 0.4) is 0 Å². The lowest BCUT2D eigenvalue weighted by Gasteiger charge is -2.18. The standard InChI is InChI=1S/C23H25N3O3S/c1-15-7-5-8-17(13-15)24-21(27)16(2)30-23-25-20-11-4-3-10-19(20)22(28)26(23)14-18-9-6-12-29-18/h3-5,7-8,10-11,13,16,18H,6,9,12,14H2,1-2H3,(H,24,27)/t16-,18-/m1/s1. The summed E-state index contributed by atoms with van der Waals surface area (Å²) in [5, 5.41) is 3.65. The Bertz CT molecular complexity index is 1120. The predicted octanol–water partition coefficient (Wildman–Crippen LogP) is 4.00. The Labute approximate surface area is 179 Å². The van der Waals surface area contributed by atoms with Gasteiger partial charge in [-0.3, -0.25) is 14.2 Å². The number of amides is 1. The van der Waals surface area contributed by atoms with E-state index in [1.165, 1.54) is 11.8 Å². The van der Waals surface area contributed by atoms with Crippen molar-refractivity contribution >= 4 is 34.3 Å². The van der Waals surface area contributed by atoms with E-state index in [2.05, 4.69) is 5.32 Å². The van der Waals surface area contributed by atoms with Crippen LogP contribution in [0.15, 0.2) is 58.5 Å². The van der Waals surface area contributed by atoms with E-state index in [4.69, 9.17) is 9.72 Å². The van der Waals surface area contributed by atoms with Gasteiger partial charge in [-0.05, 0) is 56.5 Å². The molecule has 1 aromatic heterocycles. The normalized spacial score (nSPS) is 17.2. The highest BCUT2D eigenvalue weighted by Crippen LogP contribution is 2.25. The minimum atomic E-state index is -0.422. The van der Waals surface area contributed by atoms with Crippen molar-refractivity contribution in [2.45, 2.75) is 49.7 Å². The number of hydrogen-bond acceptors (Lipinski definition) is 5. The van der Waals surface area contributed by atoms with Gasteiger partial charge in [-0.1, -0.05) is 36.0 Å². The van der Waals surface area contributed by atoms with E-state index in [0.29, 0.717) is 22.6 Å². The number of hydrogen-bond donors (Lipinski definition) is 1. The van der Waals surface area contributed by atoms with Gasteiger partial charge < -0.3 is 10.1 Å². The van der Waals surface area contributed by atoms with Crippen molar-refractivity contribution in [3.8, 4) is 0 Å². The molecule has 7 heteroatoms. The second-order valence-electron chi connectivity index (χ2n) is 7.58. The van der Waals surface area contributed by atoms with Crippen LogP contribution < -0.4 is 10.9 Å². The topological polar surface area (TPSA) is 73.2 Å². The Kier molecular flexibility index (Phi) is 6.20. The Morgan fingerprint density at radius 2 is 2.13 bits per heavy atom. The molecule has 1 aliphatic rings. The molecular weight excluding hydrogens is 398 g/mol. The predicted molar refractivity (Wildman–Crippen MR) is 120 cm³/mol. The highest BCUT2D eigenvalue weighted by molar-refractivity contribution is 8.00. The molecule has 1 amide bonds. The summed E-state index contributed by atoms with van der Waals surface area (Å²) in [6.07, 6.45) is 1.92. The first kappa shape index (κ1) is 20.6. The van der Waals surface area contributed by atoms with Gasteiger partial charge in [0.1, 0.15) is 0 Å². The second-order valence-corrected chi connectivity index (χ2v) is 8.89. The van der Waals surface area contributed by atoms with E-state index in [-0.39, 0.29) is 17.6 Å². The molecule has 0 spiro atoms. The average Bonchev–Trinajstić information content (AvgIpc) is 3.24. The van der Waals surface area contributed by atoms with Crippen LogP contribution in [0.1, 0.15) is 25.3 Å². The number of aryl methyl sites for hydroxylation is 1. The first-order chi connectivity index (χ1) is 14.5. The number of carbonyl (C=O) groups excluding carboxylic acids is 1. The summed E-state index contributed by atoms with van der Waals surface area (Å²) in [4.78, 5) is 30.6. The van der Waals surface area contributed by atoms with Crippen LogP contribution in [-0.4, -0.2) is 33.4 Å². The number of thioether (sulfide) groups is 1. The molecule has 2 heterocycles. The SMILES string of the molecule is Cc1cccc(NC(=O)[C@@H](C)Sc2nc3ccccc3c(=O)n2C[C@H]2CCCO2)c1. The van der Waals surface area contributed by atoms with E-state index in [9.17, 15) is 9.59 Å². The Balaban J connectivity index is 1.61. The summed E-state index contributed by atoms with van der Waals surface area (Å²) in [7, 11) is 0. The molecule has 2 aromatic carbocycles. The highest BCUT2D eigenvalue weighted by atomic mass is 32.2. The molecule has 1 aliphatic heterocycles. The molecule has 2 atom stereocenters. The van der Waals surface area contributed by atoms with Crippen molar-refractivity contribution in [2.24, 2.45) is 0 Å². The summed E-state index contributed by atoms with van der Waals surface area (Å²) >= 11 is 1.30. The Morgan fingerprint density at radius 1 is 1.30 bits per heavy atom. The van der Waals surface area contributed by atoms with Crippen LogP contribution in [-0.2, 0) is 16.1 Å². The van der Waals surface area contributed by atoms with Crippen molar-refractivity contribution in [2.75, 3.05) is 11.9 Å².